The van der Waals surface area contributed by atoms with Gasteiger partial charge in [-0.2, -0.15) is 0 Å². The molecule has 2 unspecified atom stereocenters. The van der Waals surface area contributed by atoms with E-state index < -0.39 is 12.0 Å². The number of carboxylic acid groups (broad SMARTS) is 1. The van der Waals surface area contributed by atoms with Gasteiger partial charge in [0.25, 0.3) is 0 Å². The number of nitrogens with one attached hydrogen (secondary N) is 1. The number of ether oxygens (including phenoxy) is 2. The van der Waals surface area contributed by atoms with Gasteiger partial charge in [-0.3, -0.25) is 10.1 Å². The van der Waals surface area contributed by atoms with E-state index in [0.29, 0.717) is 23.9 Å². The number of hydrogen-bond acceptors (Lipinski definition) is 5. The molecule has 7 heteroatoms. The van der Waals surface area contributed by atoms with Crippen LogP contribution < -0.4 is 14.8 Å². The van der Waals surface area contributed by atoms with Crippen molar-refractivity contribution in [2.75, 3.05) is 19.5 Å². The zero-order valence-corrected chi connectivity index (χ0v) is 13.6. The predicted octanol–water partition coefficient (Wildman–Crippen LogP) is 2.64. The van der Waals surface area contributed by atoms with Crippen LogP contribution in [0.5, 0.6) is 11.5 Å². The first-order chi connectivity index (χ1) is 9.56. The third kappa shape index (κ3) is 3.21. The molecule has 1 aromatic carbocycles. The first-order valence-electron chi connectivity index (χ1n) is 6.17. The molecule has 1 fully saturated rings. The van der Waals surface area contributed by atoms with Gasteiger partial charge in [0.15, 0.2) is 11.5 Å². The van der Waals surface area contributed by atoms with E-state index in [-0.39, 0.29) is 5.37 Å². The van der Waals surface area contributed by atoms with E-state index in [1.54, 1.807) is 18.9 Å². The number of aliphatic carboxylic acids is 1. The van der Waals surface area contributed by atoms with Crippen LogP contribution in [0.3, 0.4) is 0 Å². The second-order valence-corrected chi connectivity index (χ2v) is 6.28. The Bertz CT molecular complexity index is 511. The van der Waals surface area contributed by atoms with Crippen LogP contribution in [0.15, 0.2) is 16.6 Å². The van der Waals surface area contributed by atoms with E-state index in [1.807, 2.05) is 19.1 Å². The smallest absolute Gasteiger partial charge is 0.321 e. The number of carbonyl (C=O) groups is 1. The Morgan fingerprint density at radius 2 is 2.35 bits per heavy atom. The van der Waals surface area contributed by atoms with E-state index in [9.17, 15) is 4.79 Å². The van der Waals surface area contributed by atoms with Crippen LogP contribution in [0.2, 0.25) is 0 Å². The van der Waals surface area contributed by atoms with Gasteiger partial charge in [0, 0.05) is 15.8 Å². The lowest BCUT2D eigenvalue weighted by Gasteiger charge is -2.19. The molecular formula is C13H16BrNO4S. The summed E-state index contributed by atoms with van der Waals surface area (Å²) in [5.74, 6) is 0.993. The second kappa shape index (κ2) is 6.69. The van der Waals surface area contributed by atoms with Crippen molar-refractivity contribution in [2.24, 2.45) is 0 Å². The Labute approximate surface area is 130 Å². The van der Waals surface area contributed by atoms with Crippen molar-refractivity contribution < 1.29 is 19.4 Å². The minimum atomic E-state index is -0.833. The molecule has 0 aliphatic carbocycles. The number of rotatable bonds is 5. The molecule has 1 aliphatic rings. The summed E-state index contributed by atoms with van der Waals surface area (Å²) in [6, 6.07) is 3.23. The fraction of sp³-hybridized carbons (Fsp3) is 0.462. The largest absolute Gasteiger partial charge is 0.493 e. The highest BCUT2D eigenvalue weighted by molar-refractivity contribution is 9.10. The minimum Gasteiger partial charge on any atom is -0.493 e. The number of methoxy groups -OCH3 is 1. The van der Waals surface area contributed by atoms with Gasteiger partial charge in [-0.25, -0.2) is 0 Å². The molecule has 2 rings (SSSR count). The molecule has 0 radical (unpaired) electrons. The summed E-state index contributed by atoms with van der Waals surface area (Å²) in [5.41, 5.74) is 0.895. The first kappa shape index (κ1) is 15.5. The van der Waals surface area contributed by atoms with Gasteiger partial charge >= 0.3 is 5.97 Å². The molecule has 0 bridgehead atoms. The van der Waals surface area contributed by atoms with Gasteiger partial charge in [0.2, 0.25) is 0 Å². The monoisotopic (exact) mass is 361 g/mol. The van der Waals surface area contributed by atoms with Gasteiger partial charge in [-0.1, -0.05) is 15.9 Å². The summed E-state index contributed by atoms with van der Waals surface area (Å²) in [5, 5.41) is 12.0. The SMILES string of the molecule is CCOc1c(OC)cc(Br)cc1C1NC(C(=O)O)CS1. The third-order valence-corrected chi connectivity index (χ3v) is 4.63. The van der Waals surface area contributed by atoms with Crippen molar-refractivity contribution in [3.8, 4) is 11.5 Å². The lowest BCUT2D eigenvalue weighted by atomic mass is 10.1. The third-order valence-electron chi connectivity index (χ3n) is 2.92. The van der Waals surface area contributed by atoms with Crippen molar-refractivity contribution in [2.45, 2.75) is 18.3 Å². The Kier molecular flexibility index (Phi) is 5.17. The maximum absolute atomic E-state index is 11.0. The molecule has 1 heterocycles. The molecule has 5 nitrogen and oxygen atoms in total. The van der Waals surface area contributed by atoms with Gasteiger partial charge in [-0.15, -0.1) is 11.8 Å². The maximum atomic E-state index is 11.0. The summed E-state index contributed by atoms with van der Waals surface area (Å²) in [7, 11) is 1.59. The summed E-state index contributed by atoms with van der Waals surface area (Å²) in [6.45, 7) is 2.42. The molecule has 1 aliphatic heterocycles. The van der Waals surface area contributed by atoms with Gasteiger partial charge in [-0.05, 0) is 19.1 Å². The van der Waals surface area contributed by atoms with E-state index in [0.717, 1.165) is 10.0 Å². The van der Waals surface area contributed by atoms with Crippen molar-refractivity contribution in [3.05, 3.63) is 22.2 Å². The number of thioether (sulfide) groups is 1. The van der Waals surface area contributed by atoms with Gasteiger partial charge in [0.1, 0.15) is 6.04 Å². The highest BCUT2D eigenvalue weighted by Gasteiger charge is 2.33. The zero-order chi connectivity index (χ0) is 14.7. The van der Waals surface area contributed by atoms with Gasteiger partial charge in [0.05, 0.1) is 19.1 Å². The topological polar surface area (TPSA) is 67.8 Å². The molecule has 20 heavy (non-hydrogen) atoms. The summed E-state index contributed by atoms with van der Waals surface area (Å²) >= 11 is 4.99. The average molecular weight is 362 g/mol. The van der Waals surface area contributed by atoms with Crippen molar-refractivity contribution in [1.29, 1.82) is 0 Å². The number of carboxylic acids is 1. The molecule has 1 aromatic rings. The number of hydrogen-bond donors (Lipinski definition) is 2. The second-order valence-electron chi connectivity index (χ2n) is 4.23. The minimum absolute atomic E-state index is 0.121. The highest BCUT2D eigenvalue weighted by atomic mass is 79.9. The zero-order valence-electron chi connectivity index (χ0n) is 11.2. The summed E-state index contributed by atoms with van der Waals surface area (Å²) < 4.78 is 11.9. The maximum Gasteiger partial charge on any atom is 0.321 e. The fourth-order valence-electron chi connectivity index (χ4n) is 2.03. The Morgan fingerprint density at radius 3 is 2.90 bits per heavy atom. The van der Waals surface area contributed by atoms with Crippen LogP contribution in [0.25, 0.3) is 0 Å². The van der Waals surface area contributed by atoms with Crippen LogP contribution in [0.4, 0.5) is 0 Å². The molecule has 0 amide bonds. The average Bonchev–Trinajstić information content (AvgIpc) is 2.90. The van der Waals surface area contributed by atoms with Crippen LogP contribution in [0, 0.1) is 0 Å². The normalized spacial score (nSPS) is 21.8. The molecule has 110 valence electrons. The first-order valence-corrected chi connectivity index (χ1v) is 8.01. The summed E-state index contributed by atoms with van der Waals surface area (Å²) in [6.07, 6.45) is 0. The highest BCUT2D eigenvalue weighted by Crippen LogP contribution is 2.43. The van der Waals surface area contributed by atoms with E-state index >= 15 is 0 Å². The molecule has 1 saturated heterocycles. The Morgan fingerprint density at radius 1 is 1.60 bits per heavy atom. The van der Waals surface area contributed by atoms with Crippen molar-refractivity contribution in [3.63, 3.8) is 0 Å². The lowest BCUT2D eigenvalue weighted by molar-refractivity contribution is -0.138. The molecule has 2 N–H and O–H groups in total. The number of halogens is 1. The van der Waals surface area contributed by atoms with E-state index in [2.05, 4.69) is 21.2 Å². The quantitative estimate of drug-likeness (QED) is 0.840. The van der Waals surface area contributed by atoms with Crippen LogP contribution in [-0.2, 0) is 4.79 Å². The molecule has 0 saturated carbocycles. The Balaban J connectivity index is 2.35. The Hall–Kier alpha value is -0.920. The standard InChI is InChI=1S/C13H16BrNO4S/c1-3-19-11-8(4-7(14)5-10(11)18-2)12-15-9(6-20-12)13(16)17/h4-5,9,12,15H,3,6H2,1-2H3,(H,16,17). The van der Waals surface area contributed by atoms with E-state index in [4.69, 9.17) is 14.6 Å². The molecule has 0 spiro atoms. The number of benzene rings is 1. The molecule has 0 aromatic heterocycles. The van der Waals surface area contributed by atoms with Crippen molar-refractivity contribution >= 4 is 33.7 Å². The van der Waals surface area contributed by atoms with Gasteiger partial charge < -0.3 is 14.6 Å². The fourth-order valence-corrected chi connectivity index (χ4v) is 3.72. The molecular weight excluding hydrogens is 346 g/mol. The van der Waals surface area contributed by atoms with E-state index in [1.165, 1.54) is 0 Å². The predicted molar refractivity (Wildman–Crippen MR) is 81.6 cm³/mol. The van der Waals surface area contributed by atoms with Crippen LogP contribution in [0.1, 0.15) is 17.9 Å². The summed E-state index contributed by atoms with van der Waals surface area (Å²) in [4.78, 5) is 11.0. The van der Waals surface area contributed by atoms with Crippen LogP contribution >= 0.6 is 27.7 Å². The lowest BCUT2D eigenvalue weighted by Crippen LogP contribution is -2.33. The molecule has 2 atom stereocenters. The van der Waals surface area contributed by atoms with Crippen molar-refractivity contribution in [1.82, 2.24) is 5.32 Å². The van der Waals surface area contributed by atoms with Crippen LogP contribution in [-0.4, -0.2) is 36.6 Å².